The van der Waals surface area contributed by atoms with E-state index in [0.29, 0.717) is 12.0 Å². The quantitative estimate of drug-likeness (QED) is 0.606. The van der Waals surface area contributed by atoms with Crippen molar-refractivity contribution in [3.8, 4) is 0 Å². The average Bonchev–Trinajstić information content (AvgIpc) is 2.79. The van der Waals surface area contributed by atoms with Crippen LogP contribution in [0.25, 0.3) is 0 Å². The lowest BCUT2D eigenvalue weighted by molar-refractivity contribution is 0.450. The average molecular weight is 247 g/mol. The molecule has 2 unspecified atom stereocenters. The minimum Gasteiger partial charge on any atom is -0.316 e. The Morgan fingerprint density at radius 1 is 1.53 bits per heavy atom. The first-order valence-electron chi connectivity index (χ1n) is 6.36. The van der Waals surface area contributed by atoms with E-state index in [1.807, 2.05) is 17.8 Å². The van der Waals surface area contributed by atoms with E-state index in [-0.39, 0.29) is 0 Å². The molecule has 92 valence electrons. The number of hydrogen-bond donors (Lipinski definition) is 1. The van der Waals surface area contributed by atoms with Gasteiger partial charge in [-0.2, -0.15) is 0 Å². The van der Waals surface area contributed by atoms with E-state index in [9.17, 15) is 0 Å². The molecule has 2 rings (SSSR count). The molecule has 0 bridgehead atoms. The maximum absolute atomic E-state index is 3.79. The molecular weight excluding hydrogens is 226 g/mol. The minimum absolute atomic E-state index is 0.603. The van der Waals surface area contributed by atoms with Crippen LogP contribution in [0.4, 0.5) is 0 Å². The van der Waals surface area contributed by atoms with Gasteiger partial charge in [-0.05, 0) is 37.9 Å². The van der Waals surface area contributed by atoms with E-state index in [0.717, 1.165) is 6.42 Å². The molecule has 2 heteroatoms. The van der Waals surface area contributed by atoms with Crippen LogP contribution in [0, 0.1) is 0 Å². The summed E-state index contributed by atoms with van der Waals surface area (Å²) >= 11 is 2.00. The van der Waals surface area contributed by atoms with Gasteiger partial charge in [0.05, 0.1) is 0 Å². The van der Waals surface area contributed by atoms with Crippen molar-refractivity contribution in [2.75, 3.05) is 12.8 Å². The molecule has 1 aliphatic heterocycles. The number of unbranched alkanes of at least 4 members (excludes halogenated alkanes) is 1. The molecule has 0 amide bonds. The predicted molar refractivity (Wildman–Crippen MR) is 76.8 cm³/mol. The number of rotatable bonds is 6. The summed E-state index contributed by atoms with van der Waals surface area (Å²) in [5.74, 6) is 1.89. The van der Waals surface area contributed by atoms with Gasteiger partial charge in [-0.15, -0.1) is 18.3 Å². The number of fused-ring (bicyclic) bond motifs is 1. The lowest BCUT2D eigenvalue weighted by Gasteiger charge is -2.23. The molecule has 0 saturated carbocycles. The van der Waals surface area contributed by atoms with E-state index in [2.05, 4.69) is 43.2 Å². The highest BCUT2D eigenvalue weighted by molar-refractivity contribution is 7.99. The van der Waals surface area contributed by atoms with Crippen LogP contribution in [0.5, 0.6) is 0 Å². The van der Waals surface area contributed by atoms with Crippen LogP contribution in [0.15, 0.2) is 41.8 Å². The number of nitrogens with one attached hydrogen (secondary N) is 1. The van der Waals surface area contributed by atoms with E-state index in [4.69, 9.17) is 0 Å². The first kappa shape index (κ1) is 12.7. The monoisotopic (exact) mass is 247 g/mol. The van der Waals surface area contributed by atoms with Crippen molar-refractivity contribution in [2.45, 2.75) is 36.1 Å². The van der Waals surface area contributed by atoms with Gasteiger partial charge in [0.15, 0.2) is 0 Å². The molecule has 1 nitrogen and oxygen atoms in total. The van der Waals surface area contributed by atoms with Crippen molar-refractivity contribution in [1.29, 1.82) is 0 Å². The number of thioether (sulfide) groups is 1. The van der Waals surface area contributed by atoms with Crippen molar-refractivity contribution in [3.63, 3.8) is 0 Å². The van der Waals surface area contributed by atoms with Gasteiger partial charge in [0, 0.05) is 22.6 Å². The number of benzene rings is 1. The van der Waals surface area contributed by atoms with Crippen molar-refractivity contribution in [3.05, 3.63) is 42.5 Å². The largest absolute Gasteiger partial charge is 0.316 e. The summed E-state index contributed by atoms with van der Waals surface area (Å²) in [4.78, 5) is 1.47. The Bertz CT molecular complexity index is 375. The van der Waals surface area contributed by atoms with Gasteiger partial charge < -0.3 is 5.32 Å². The van der Waals surface area contributed by atoms with Gasteiger partial charge in [-0.3, -0.25) is 0 Å². The van der Waals surface area contributed by atoms with E-state index >= 15 is 0 Å². The second kappa shape index (κ2) is 6.27. The SMILES string of the molecule is C=CCCCC(NC)C1CSc2ccccc21. The van der Waals surface area contributed by atoms with Crippen LogP contribution < -0.4 is 5.32 Å². The summed E-state index contributed by atoms with van der Waals surface area (Å²) in [5.41, 5.74) is 1.54. The van der Waals surface area contributed by atoms with Crippen LogP contribution in [0.1, 0.15) is 30.7 Å². The van der Waals surface area contributed by atoms with Crippen molar-refractivity contribution in [2.24, 2.45) is 0 Å². The maximum Gasteiger partial charge on any atom is 0.0141 e. The standard InChI is InChI=1S/C15H21NS/c1-3-4-5-9-14(16-2)13-11-17-15-10-7-6-8-12(13)15/h3,6-8,10,13-14,16H,1,4-5,9,11H2,2H3. The Morgan fingerprint density at radius 3 is 3.12 bits per heavy atom. The van der Waals surface area contributed by atoms with Crippen LogP contribution in [-0.4, -0.2) is 18.8 Å². The maximum atomic E-state index is 3.79. The smallest absolute Gasteiger partial charge is 0.0141 e. The fourth-order valence-electron chi connectivity index (χ4n) is 2.55. The molecule has 0 saturated heterocycles. The molecule has 0 aliphatic carbocycles. The van der Waals surface area contributed by atoms with Gasteiger partial charge in [-0.1, -0.05) is 24.3 Å². The Hall–Kier alpha value is -0.730. The van der Waals surface area contributed by atoms with Gasteiger partial charge >= 0.3 is 0 Å². The van der Waals surface area contributed by atoms with Crippen molar-refractivity contribution >= 4 is 11.8 Å². The summed E-state index contributed by atoms with van der Waals surface area (Å²) in [6, 6.07) is 9.44. The second-order valence-electron chi connectivity index (χ2n) is 4.57. The third-order valence-corrected chi connectivity index (χ3v) is 4.73. The summed E-state index contributed by atoms with van der Waals surface area (Å²) in [5, 5.41) is 3.50. The molecule has 0 spiro atoms. The molecule has 0 aromatic heterocycles. The van der Waals surface area contributed by atoms with Crippen LogP contribution in [0.3, 0.4) is 0 Å². The van der Waals surface area contributed by atoms with Crippen molar-refractivity contribution in [1.82, 2.24) is 5.32 Å². The molecule has 2 atom stereocenters. The fraction of sp³-hybridized carbons (Fsp3) is 0.467. The third-order valence-electron chi connectivity index (χ3n) is 3.52. The molecular formula is C15H21NS. The lowest BCUT2D eigenvalue weighted by Crippen LogP contribution is -2.32. The van der Waals surface area contributed by atoms with Crippen molar-refractivity contribution < 1.29 is 0 Å². The Kier molecular flexibility index (Phi) is 4.69. The van der Waals surface area contributed by atoms with Gasteiger partial charge in [0.25, 0.3) is 0 Å². The highest BCUT2D eigenvalue weighted by Crippen LogP contribution is 2.41. The molecule has 1 heterocycles. The zero-order chi connectivity index (χ0) is 12.1. The molecule has 0 fully saturated rings. The topological polar surface area (TPSA) is 12.0 Å². The molecule has 1 aromatic rings. The summed E-state index contributed by atoms with van der Waals surface area (Å²) < 4.78 is 0. The first-order valence-corrected chi connectivity index (χ1v) is 7.35. The Balaban J connectivity index is 2.03. The Morgan fingerprint density at radius 2 is 2.35 bits per heavy atom. The van der Waals surface area contributed by atoms with Crippen LogP contribution >= 0.6 is 11.8 Å². The van der Waals surface area contributed by atoms with Crippen LogP contribution in [0.2, 0.25) is 0 Å². The number of likely N-dealkylation sites (N-methyl/N-ethyl adjacent to an activating group) is 1. The molecule has 1 N–H and O–H groups in total. The van der Waals surface area contributed by atoms with Gasteiger partial charge in [-0.25, -0.2) is 0 Å². The number of allylic oxidation sites excluding steroid dienone is 1. The second-order valence-corrected chi connectivity index (χ2v) is 5.63. The molecule has 17 heavy (non-hydrogen) atoms. The predicted octanol–water partition coefficient (Wildman–Crippen LogP) is 3.82. The first-order chi connectivity index (χ1) is 8.36. The van der Waals surface area contributed by atoms with E-state index in [1.165, 1.54) is 29.1 Å². The minimum atomic E-state index is 0.603. The fourth-order valence-corrected chi connectivity index (χ4v) is 3.88. The van der Waals surface area contributed by atoms with Crippen LogP contribution in [-0.2, 0) is 0 Å². The zero-order valence-electron chi connectivity index (χ0n) is 10.5. The summed E-state index contributed by atoms with van der Waals surface area (Å²) in [6.45, 7) is 3.79. The lowest BCUT2D eigenvalue weighted by atomic mass is 9.90. The van der Waals surface area contributed by atoms with Gasteiger partial charge in [0.2, 0.25) is 0 Å². The van der Waals surface area contributed by atoms with E-state index in [1.54, 1.807) is 0 Å². The highest BCUT2D eigenvalue weighted by atomic mass is 32.2. The van der Waals surface area contributed by atoms with E-state index < -0.39 is 0 Å². The zero-order valence-corrected chi connectivity index (χ0v) is 11.3. The molecule has 0 radical (unpaired) electrons. The molecule has 1 aliphatic rings. The molecule has 1 aromatic carbocycles. The third kappa shape index (κ3) is 2.93. The highest BCUT2D eigenvalue weighted by Gasteiger charge is 2.28. The normalized spacial score (nSPS) is 19.9. The Labute approximate surface area is 109 Å². The summed E-state index contributed by atoms with van der Waals surface area (Å²) in [7, 11) is 2.09. The number of hydrogen-bond acceptors (Lipinski definition) is 2. The van der Waals surface area contributed by atoms with Gasteiger partial charge in [0.1, 0.15) is 0 Å². The summed E-state index contributed by atoms with van der Waals surface area (Å²) in [6.07, 6.45) is 5.62.